The van der Waals surface area contributed by atoms with Crippen molar-refractivity contribution in [3.8, 4) is 0 Å². The van der Waals surface area contributed by atoms with Crippen LogP contribution in [-0.4, -0.2) is 0 Å². The first-order valence-electron chi connectivity index (χ1n) is 3.85. The maximum atomic E-state index is 3.73. The van der Waals surface area contributed by atoms with E-state index in [1.165, 1.54) is 11.1 Å². The van der Waals surface area contributed by atoms with Crippen molar-refractivity contribution in [1.29, 1.82) is 0 Å². The van der Waals surface area contributed by atoms with Gasteiger partial charge in [0.25, 0.3) is 0 Å². The van der Waals surface area contributed by atoms with Gasteiger partial charge in [0.15, 0.2) is 0 Å². The van der Waals surface area contributed by atoms with Gasteiger partial charge in [-0.1, -0.05) is 42.0 Å². The molecular weight excluding hydrogens is 132 g/mol. The van der Waals surface area contributed by atoms with E-state index < -0.39 is 0 Å². The highest BCUT2D eigenvalue weighted by Crippen LogP contribution is 2.04. The van der Waals surface area contributed by atoms with Crippen LogP contribution in [0.3, 0.4) is 0 Å². The quantitative estimate of drug-likeness (QED) is 0.599. The zero-order chi connectivity index (χ0) is 8.10. The summed E-state index contributed by atoms with van der Waals surface area (Å²) in [5, 5.41) is 0. The average molecular weight is 145 g/mol. The van der Waals surface area contributed by atoms with Gasteiger partial charge in [-0.05, 0) is 25.8 Å². The molecule has 0 N–H and O–H groups in total. The molecular formula is C11H13. The summed E-state index contributed by atoms with van der Waals surface area (Å²) >= 11 is 0. The number of rotatable bonds is 2. The number of allylic oxidation sites excluding steroid dienone is 1. The fraction of sp³-hybridized carbons (Fsp3) is 0.182. The molecule has 1 rings (SSSR count). The topological polar surface area (TPSA) is 0 Å². The summed E-state index contributed by atoms with van der Waals surface area (Å²) in [5.74, 6) is 0. The van der Waals surface area contributed by atoms with Crippen LogP contribution in [0.2, 0.25) is 0 Å². The number of hydrogen-bond donors (Lipinski definition) is 0. The van der Waals surface area contributed by atoms with Gasteiger partial charge < -0.3 is 0 Å². The summed E-state index contributed by atoms with van der Waals surface area (Å²) in [6.45, 7) is 5.82. The monoisotopic (exact) mass is 145 g/mol. The third-order valence-electron chi connectivity index (χ3n) is 1.55. The molecule has 0 heterocycles. The highest BCUT2D eigenvalue weighted by atomic mass is 13.9. The van der Waals surface area contributed by atoms with Crippen LogP contribution in [0.1, 0.15) is 17.5 Å². The number of benzene rings is 1. The standard InChI is InChI=1S/C11H13/c1-3-4-5-11-8-6-10(2)7-9-11/h4-9H,1,3H2,2H3/b5-4+. The van der Waals surface area contributed by atoms with Crippen LogP contribution in [0.4, 0.5) is 0 Å². The smallest absolute Gasteiger partial charge is 0.0260 e. The van der Waals surface area contributed by atoms with E-state index >= 15 is 0 Å². The van der Waals surface area contributed by atoms with Crippen LogP contribution in [0.5, 0.6) is 0 Å². The van der Waals surface area contributed by atoms with Crippen molar-refractivity contribution >= 4 is 6.08 Å². The molecule has 0 saturated carbocycles. The van der Waals surface area contributed by atoms with Gasteiger partial charge in [-0.2, -0.15) is 0 Å². The molecule has 0 nitrogen and oxygen atoms in total. The SMILES string of the molecule is [CH2]C/C=C/c1ccc(C)cc1. The van der Waals surface area contributed by atoms with E-state index in [1.54, 1.807) is 0 Å². The van der Waals surface area contributed by atoms with E-state index in [-0.39, 0.29) is 0 Å². The largest absolute Gasteiger partial charge is 0.0839 e. The van der Waals surface area contributed by atoms with Gasteiger partial charge in [-0.3, -0.25) is 0 Å². The fourth-order valence-corrected chi connectivity index (χ4v) is 0.897. The van der Waals surface area contributed by atoms with Crippen molar-refractivity contribution in [3.63, 3.8) is 0 Å². The molecule has 0 fully saturated rings. The van der Waals surface area contributed by atoms with E-state index in [0.29, 0.717) is 0 Å². The van der Waals surface area contributed by atoms with Gasteiger partial charge in [0.1, 0.15) is 0 Å². The fourth-order valence-electron chi connectivity index (χ4n) is 0.897. The second-order valence-corrected chi connectivity index (χ2v) is 2.60. The highest BCUT2D eigenvalue weighted by Gasteiger charge is 1.84. The van der Waals surface area contributed by atoms with E-state index in [9.17, 15) is 0 Å². The van der Waals surface area contributed by atoms with Gasteiger partial charge in [0, 0.05) is 0 Å². The molecule has 0 aliphatic rings. The molecule has 1 aromatic rings. The molecule has 0 aliphatic heterocycles. The first kappa shape index (κ1) is 8.06. The molecule has 0 atom stereocenters. The zero-order valence-corrected chi connectivity index (χ0v) is 6.88. The van der Waals surface area contributed by atoms with Crippen LogP contribution in [0.15, 0.2) is 30.3 Å². The van der Waals surface area contributed by atoms with Gasteiger partial charge in [0.2, 0.25) is 0 Å². The van der Waals surface area contributed by atoms with E-state index in [2.05, 4.69) is 50.3 Å². The second-order valence-electron chi connectivity index (χ2n) is 2.60. The summed E-state index contributed by atoms with van der Waals surface area (Å²) in [7, 11) is 0. The third-order valence-corrected chi connectivity index (χ3v) is 1.55. The van der Waals surface area contributed by atoms with Crippen molar-refractivity contribution in [1.82, 2.24) is 0 Å². The predicted octanol–water partition coefficient (Wildman–Crippen LogP) is 3.23. The maximum absolute atomic E-state index is 3.73. The Labute approximate surface area is 68.6 Å². The van der Waals surface area contributed by atoms with Crippen LogP contribution < -0.4 is 0 Å². The molecule has 11 heavy (non-hydrogen) atoms. The normalized spacial score (nSPS) is 10.7. The van der Waals surface area contributed by atoms with Crippen LogP contribution >= 0.6 is 0 Å². The lowest BCUT2D eigenvalue weighted by molar-refractivity contribution is 1.41. The maximum Gasteiger partial charge on any atom is -0.0260 e. The Balaban J connectivity index is 2.73. The minimum atomic E-state index is 0.855. The molecule has 1 radical (unpaired) electrons. The van der Waals surface area contributed by atoms with Crippen molar-refractivity contribution in [3.05, 3.63) is 48.4 Å². The van der Waals surface area contributed by atoms with Crippen molar-refractivity contribution in [2.24, 2.45) is 0 Å². The summed E-state index contributed by atoms with van der Waals surface area (Å²) in [6.07, 6.45) is 5.00. The summed E-state index contributed by atoms with van der Waals surface area (Å²) < 4.78 is 0. The van der Waals surface area contributed by atoms with Crippen LogP contribution in [0, 0.1) is 13.8 Å². The Morgan fingerprint density at radius 1 is 1.27 bits per heavy atom. The first-order valence-corrected chi connectivity index (χ1v) is 3.85. The molecule has 0 aliphatic carbocycles. The Morgan fingerprint density at radius 3 is 2.45 bits per heavy atom. The Morgan fingerprint density at radius 2 is 1.91 bits per heavy atom. The van der Waals surface area contributed by atoms with Crippen LogP contribution in [-0.2, 0) is 0 Å². The minimum absolute atomic E-state index is 0.855. The molecule has 0 heteroatoms. The Hall–Kier alpha value is -1.04. The Bertz CT molecular complexity index is 229. The second kappa shape index (κ2) is 3.97. The van der Waals surface area contributed by atoms with E-state index in [0.717, 1.165) is 6.42 Å². The molecule has 0 saturated heterocycles. The molecule has 0 spiro atoms. The van der Waals surface area contributed by atoms with Crippen LogP contribution in [0.25, 0.3) is 6.08 Å². The van der Waals surface area contributed by atoms with Crippen molar-refractivity contribution in [2.75, 3.05) is 0 Å². The molecule has 1 aromatic carbocycles. The van der Waals surface area contributed by atoms with Crippen molar-refractivity contribution < 1.29 is 0 Å². The van der Waals surface area contributed by atoms with Gasteiger partial charge in [-0.25, -0.2) is 0 Å². The molecule has 0 bridgehead atoms. The third kappa shape index (κ3) is 2.58. The lowest BCUT2D eigenvalue weighted by Gasteiger charge is -1.93. The summed E-state index contributed by atoms with van der Waals surface area (Å²) in [4.78, 5) is 0. The zero-order valence-electron chi connectivity index (χ0n) is 6.88. The van der Waals surface area contributed by atoms with E-state index in [1.807, 2.05) is 0 Å². The lowest BCUT2D eigenvalue weighted by Crippen LogP contribution is -1.72. The van der Waals surface area contributed by atoms with E-state index in [4.69, 9.17) is 0 Å². The summed E-state index contributed by atoms with van der Waals surface area (Å²) in [6, 6.07) is 8.45. The highest BCUT2D eigenvalue weighted by molar-refractivity contribution is 5.49. The molecule has 57 valence electrons. The molecule has 0 aromatic heterocycles. The predicted molar refractivity (Wildman–Crippen MR) is 50.2 cm³/mol. The molecule has 0 amide bonds. The summed E-state index contributed by atoms with van der Waals surface area (Å²) in [5.41, 5.74) is 2.55. The molecule has 0 unspecified atom stereocenters. The average Bonchev–Trinajstić information content (AvgIpc) is 2.04. The minimum Gasteiger partial charge on any atom is -0.0839 e. The van der Waals surface area contributed by atoms with Crippen molar-refractivity contribution in [2.45, 2.75) is 13.3 Å². The Kier molecular flexibility index (Phi) is 2.91. The van der Waals surface area contributed by atoms with Gasteiger partial charge in [0.05, 0.1) is 0 Å². The number of hydrogen-bond acceptors (Lipinski definition) is 0. The lowest BCUT2D eigenvalue weighted by atomic mass is 10.1. The first-order chi connectivity index (χ1) is 5.33. The number of aryl methyl sites for hydroxylation is 1. The van der Waals surface area contributed by atoms with Gasteiger partial charge in [-0.15, -0.1) is 0 Å². The van der Waals surface area contributed by atoms with Gasteiger partial charge >= 0.3 is 0 Å².